The highest BCUT2D eigenvalue weighted by Gasteiger charge is 2.65. The second-order valence-corrected chi connectivity index (χ2v) is 13.6. The Morgan fingerprint density at radius 1 is 0.868 bits per heavy atom. The van der Waals surface area contributed by atoms with Gasteiger partial charge >= 0.3 is 0 Å². The van der Waals surface area contributed by atoms with Gasteiger partial charge in [-0.2, -0.15) is 0 Å². The van der Waals surface area contributed by atoms with Crippen molar-refractivity contribution < 1.29 is 24.1 Å². The van der Waals surface area contributed by atoms with Crippen LogP contribution < -0.4 is 4.90 Å². The Morgan fingerprint density at radius 2 is 1.58 bits per heavy atom. The van der Waals surface area contributed by atoms with Crippen molar-refractivity contribution in [3.05, 3.63) is 41.0 Å². The molecule has 1 N–H and O–H groups in total. The minimum Gasteiger partial charge on any atom is -0.385 e. The van der Waals surface area contributed by atoms with Crippen molar-refractivity contribution in [3.8, 4) is 0 Å². The van der Waals surface area contributed by atoms with Crippen LogP contribution >= 0.6 is 0 Å². The fourth-order valence-corrected chi connectivity index (χ4v) is 9.74. The highest BCUT2D eigenvalue weighted by molar-refractivity contribution is 5.50. The van der Waals surface area contributed by atoms with Crippen LogP contribution in [-0.4, -0.2) is 68.2 Å². The van der Waals surface area contributed by atoms with Crippen molar-refractivity contribution in [2.24, 2.45) is 17.8 Å². The minimum atomic E-state index is -0.842. The molecular formula is C32H45NO5. The molecule has 2 aliphatic heterocycles. The summed E-state index contributed by atoms with van der Waals surface area (Å²) in [4.78, 5) is 2.16. The number of fused-ring (bicyclic) bond motifs is 3. The number of allylic oxidation sites excluding steroid dienone is 1. The average molecular weight is 524 g/mol. The van der Waals surface area contributed by atoms with E-state index in [-0.39, 0.29) is 17.1 Å². The van der Waals surface area contributed by atoms with Crippen molar-refractivity contribution in [2.75, 3.05) is 45.4 Å². The second kappa shape index (κ2) is 8.78. The van der Waals surface area contributed by atoms with Gasteiger partial charge in [-0.3, -0.25) is 0 Å². The van der Waals surface area contributed by atoms with E-state index in [0.717, 1.165) is 38.5 Å². The van der Waals surface area contributed by atoms with Crippen LogP contribution in [0.3, 0.4) is 0 Å². The van der Waals surface area contributed by atoms with Crippen molar-refractivity contribution in [1.29, 1.82) is 0 Å². The molecule has 5 fully saturated rings. The molecule has 1 aromatic rings. The molecule has 6 aliphatic rings. The van der Waals surface area contributed by atoms with Gasteiger partial charge in [-0.25, -0.2) is 0 Å². The Kier molecular flexibility index (Phi) is 5.90. The van der Waals surface area contributed by atoms with Gasteiger partial charge in [0.2, 0.25) is 0 Å². The van der Waals surface area contributed by atoms with E-state index in [1.807, 2.05) is 0 Å². The fraction of sp³-hybridized carbons (Fsp3) is 0.750. The molecule has 2 saturated heterocycles. The SMILES string of the molecule is CN(C)c1ccc(C2CC34OCCOC(C)(C)[C@H]3CCC4C3CC[C@@]4(O)CC5(CCC4=C23)OCCO5)cc1. The third-order valence-corrected chi connectivity index (χ3v) is 11.3. The van der Waals surface area contributed by atoms with Crippen LogP contribution in [0.4, 0.5) is 5.69 Å². The minimum absolute atomic E-state index is 0.178. The molecule has 6 heteroatoms. The quantitative estimate of drug-likeness (QED) is 0.538. The summed E-state index contributed by atoms with van der Waals surface area (Å²) < 4.78 is 25.6. The van der Waals surface area contributed by atoms with Crippen LogP contribution in [0, 0.1) is 17.8 Å². The second-order valence-electron chi connectivity index (χ2n) is 13.6. The first-order chi connectivity index (χ1) is 18.2. The highest BCUT2D eigenvalue weighted by Crippen LogP contribution is 2.66. The largest absolute Gasteiger partial charge is 0.385 e. The number of hydrogen-bond donors (Lipinski definition) is 1. The van der Waals surface area contributed by atoms with Gasteiger partial charge in [0.1, 0.15) is 0 Å². The molecule has 2 heterocycles. The molecule has 4 aliphatic carbocycles. The summed E-state index contributed by atoms with van der Waals surface area (Å²) >= 11 is 0. The molecule has 1 aromatic carbocycles. The Labute approximate surface area is 227 Å². The predicted octanol–water partition coefficient (Wildman–Crippen LogP) is 5.20. The lowest BCUT2D eigenvalue weighted by Crippen LogP contribution is -2.58. The van der Waals surface area contributed by atoms with Crippen LogP contribution in [-0.2, 0) is 18.9 Å². The summed E-state index contributed by atoms with van der Waals surface area (Å²) in [7, 11) is 4.19. The van der Waals surface area contributed by atoms with Crippen LogP contribution in [0.15, 0.2) is 35.4 Å². The predicted molar refractivity (Wildman–Crippen MR) is 146 cm³/mol. The van der Waals surface area contributed by atoms with Gasteiger partial charge in [0.25, 0.3) is 0 Å². The fourth-order valence-electron chi connectivity index (χ4n) is 9.74. The number of nitrogens with zero attached hydrogens (tertiary/aromatic N) is 1. The number of benzene rings is 1. The van der Waals surface area contributed by atoms with Crippen LogP contribution in [0.2, 0.25) is 0 Å². The number of aliphatic hydroxyl groups is 1. The highest BCUT2D eigenvalue weighted by atomic mass is 16.7. The maximum atomic E-state index is 12.3. The Hall–Kier alpha value is -1.44. The van der Waals surface area contributed by atoms with E-state index in [1.54, 1.807) is 0 Å². The summed E-state index contributed by atoms with van der Waals surface area (Å²) in [6.45, 7) is 7.17. The number of hydrogen-bond acceptors (Lipinski definition) is 6. The summed E-state index contributed by atoms with van der Waals surface area (Å²) in [5.41, 5.74) is 4.16. The molecule has 6 atom stereocenters. The Bertz CT molecular complexity index is 1110. The molecule has 2 spiro atoms. The van der Waals surface area contributed by atoms with E-state index in [2.05, 4.69) is 57.1 Å². The lowest BCUT2D eigenvalue weighted by atomic mass is 9.52. The molecule has 0 bridgehead atoms. The first-order valence-corrected chi connectivity index (χ1v) is 15.0. The Balaban J connectivity index is 1.36. The van der Waals surface area contributed by atoms with Gasteiger partial charge in [0, 0.05) is 44.5 Å². The topological polar surface area (TPSA) is 60.4 Å². The molecule has 7 rings (SSSR count). The summed E-state index contributed by atoms with van der Waals surface area (Å²) in [6, 6.07) is 9.14. The van der Waals surface area contributed by atoms with E-state index in [1.165, 1.54) is 28.8 Å². The van der Waals surface area contributed by atoms with Gasteiger partial charge in [0.05, 0.1) is 43.2 Å². The van der Waals surface area contributed by atoms with E-state index < -0.39 is 11.4 Å². The number of rotatable bonds is 2. The lowest BCUT2D eigenvalue weighted by molar-refractivity contribution is -0.209. The standard InChI is InChI=1S/C32H45NO5/c1-29(2)27-10-9-25-23-11-13-30(34)20-31(36-16-17-37-31)14-12-26(30)28(23)24(19-32(25,27)38-18-15-35-29)21-5-7-22(8-6-21)33(3)4/h5-8,23-25,27,34H,9-20H2,1-4H3/t23?,24?,25?,27-,30-,32?/m1/s1. The van der Waals surface area contributed by atoms with E-state index >= 15 is 0 Å². The van der Waals surface area contributed by atoms with E-state index in [4.69, 9.17) is 18.9 Å². The first kappa shape index (κ1) is 25.5. The third kappa shape index (κ3) is 3.70. The summed E-state index contributed by atoms with van der Waals surface area (Å²) in [6.07, 6.45) is 7.34. The Morgan fingerprint density at radius 3 is 2.32 bits per heavy atom. The summed E-state index contributed by atoms with van der Waals surface area (Å²) in [5.74, 6) is 0.939. The zero-order valence-electron chi connectivity index (χ0n) is 23.6. The number of ether oxygens (including phenoxy) is 4. The van der Waals surface area contributed by atoms with Gasteiger partial charge in [-0.15, -0.1) is 0 Å². The maximum Gasteiger partial charge on any atom is 0.171 e. The van der Waals surface area contributed by atoms with Crippen molar-refractivity contribution in [3.63, 3.8) is 0 Å². The van der Waals surface area contributed by atoms with Crippen molar-refractivity contribution in [1.82, 2.24) is 0 Å². The van der Waals surface area contributed by atoms with E-state index in [0.29, 0.717) is 50.6 Å². The van der Waals surface area contributed by atoms with Crippen LogP contribution in [0.5, 0.6) is 0 Å². The van der Waals surface area contributed by atoms with Gasteiger partial charge in [0.15, 0.2) is 5.79 Å². The van der Waals surface area contributed by atoms with E-state index in [9.17, 15) is 5.11 Å². The first-order valence-electron chi connectivity index (χ1n) is 15.0. The zero-order valence-corrected chi connectivity index (χ0v) is 23.6. The molecule has 208 valence electrons. The van der Waals surface area contributed by atoms with Gasteiger partial charge in [-0.1, -0.05) is 17.7 Å². The molecule has 38 heavy (non-hydrogen) atoms. The molecule has 4 unspecified atom stereocenters. The molecule has 6 nitrogen and oxygen atoms in total. The molecule has 0 aromatic heterocycles. The van der Waals surface area contributed by atoms with Crippen LogP contribution in [0.25, 0.3) is 0 Å². The monoisotopic (exact) mass is 523 g/mol. The smallest absolute Gasteiger partial charge is 0.171 e. The lowest BCUT2D eigenvalue weighted by Gasteiger charge is -2.57. The molecule has 0 radical (unpaired) electrons. The molecule has 0 amide bonds. The zero-order chi connectivity index (χ0) is 26.3. The number of anilines is 1. The molecule has 3 saturated carbocycles. The van der Waals surface area contributed by atoms with Crippen molar-refractivity contribution >= 4 is 5.69 Å². The van der Waals surface area contributed by atoms with Crippen molar-refractivity contribution in [2.45, 2.75) is 93.7 Å². The summed E-state index contributed by atoms with van der Waals surface area (Å²) in [5, 5.41) is 12.3. The normalized spacial score (nSPS) is 41.2. The van der Waals surface area contributed by atoms with Gasteiger partial charge in [-0.05, 0) is 87.5 Å². The van der Waals surface area contributed by atoms with Gasteiger partial charge < -0.3 is 29.0 Å². The average Bonchev–Trinajstić information content (AvgIpc) is 3.47. The van der Waals surface area contributed by atoms with Crippen LogP contribution in [0.1, 0.15) is 76.7 Å². The maximum absolute atomic E-state index is 12.3. The molecular weight excluding hydrogens is 478 g/mol. The third-order valence-electron chi connectivity index (χ3n) is 11.3.